The Hall–Kier alpha value is -2.77. The van der Waals surface area contributed by atoms with Crippen LogP contribution in [0.3, 0.4) is 0 Å². The Morgan fingerprint density at radius 3 is 2.40 bits per heavy atom. The van der Waals surface area contributed by atoms with Gasteiger partial charge < -0.3 is 20.7 Å². The zero-order chi connectivity index (χ0) is 21.3. The lowest BCUT2D eigenvalue weighted by atomic mass is 10.0. The molecule has 160 valence electrons. The molecule has 0 aliphatic carbocycles. The molecule has 1 heterocycles. The number of nitrogens with one attached hydrogen (secondary N) is 1. The molecule has 0 saturated carbocycles. The summed E-state index contributed by atoms with van der Waals surface area (Å²) in [5.74, 6) is -0.780. The molecule has 1 aliphatic heterocycles. The van der Waals surface area contributed by atoms with Gasteiger partial charge in [0.1, 0.15) is 11.9 Å². The van der Waals surface area contributed by atoms with E-state index in [0.717, 1.165) is 5.56 Å². The molecule has 3 rings (SSSR count). The average Bonchev–Trinajstić information content (AvgIpc) is 2.75. The highest BCUT2D eigenvalue weighted by Crippen LogP contribution is 2.11. The fourth-order valence-electron chi connectivity index (χ4n) is 3.56. The molecule has 2 aromatic carbocycles. The summed E-state index contributed by atoms with van der Waals surface area (Å²) in [6.07, 6.45) is 0.655. The highest BCUT2D eigenvalue weighted by atomic mass is 19.1. The molecule has 2 atom stereocenters. The van der Waals surface area contributed by atoms with Crippen LogP contribution < -0.4 is 11.1 Å². The lowest BCUT2D eigenvalue weighted by molar-refractivity contribution is -0.140. The van der Waals surface area contributed by atoms with Gasteiger partial charge in [0.2, 0.25) is 11.8 Å². The molecule has 0 bridgehead atoms. The predicted octanol–water partition coefficient (Wildman–Crippen LogP) is 1.67. The molecule has 2 aromatic rings. The van der Waals surface area contributed by atoms with E-state index in [1.807, 2.05) is 30.3 Å². The van der Waals surface area contributed by atoms with Gasteiger partial charge in [-0.05, 0) is 23.6 Å². The van der Waals surface area contributed by atoms with E-state index in [-0.39, 0.29) is 30.5 Å². The van der Waals surface area contributed by atoms with Crippen LogP contribution in [0.2, 0.25) is 0 Å². The quantitative estimate of drug-likeness (QED) is 0.690. The Labute approximate surface area is 176 Å². The molecule has 1 aliphatic rings. The van der Waals surface area contributed by atoms with Gasteiger partial charge in [-0.25, -0.2) is 4.39 Å². The van der Waals surface area contributed by atoms with Gasteiger partial charge in [-0.2, -0.15) is 0 Å². The van der Waals surface area contributed by atoms with Crippen molar-refractivity contribution < 1.29 is 18.7 Å². The third-order valence-electron chi connectivity index (χ3n) is 5.13. The second-order valence-electron chi connectivity index (χ2n) is 7.51. The van der Waals surface area contributed by atoms with Gasteiger partial charge in [0.15, 0.2) is 0 Å². The van der Waals surface area contributed by atoms with Crippen molar-refractivity contribution in [1.82, 2.24) is 10.2 Å². The third kappa shape index (κ3) is 6.37. The zero-order valence-corrected chi connectivity index (χ0v) is 16.9. The van der Waals surface area contributed by atoms with Crippen LogP contribution in [0.1, 0.15) is 17.5 Å². The molecule has 1 saturated heterocycles. The molecule has 30 heavy (non-hydrogen) atoms. The van der Waals surface area contributed by atoms with Gasteiger partial charge in [0.05, 0.1) is 13.2 Å². The molecule has 2 amide bonds. The lowest BCUT2D eigenvalue weighted by Gasteiger charge is -2.31. The van der Waals surface area contributed by atoms with Crippen molar-refractivity contribution in [1.29, 1.82) is 0 Å². The van der Waals surface area contributed by atoms with Crippen molar-refractivity contribution in [3.05, 3.63) is 71.5 Å². The standard InChI is InChI=1S/C23H28FN3O3/c24-20-9-5-4-8-18(20)15-19(25)16-22(28)26-21(14-17-6-2-1-3-7-17)23(29)27-10-12-30-13-11-27/h1-9,19,21H,10-16,25H2,(H,26,28)/t19-,21+/m1/s1. The van der Waals surface area contributed by atoms with E-state index in [1.54, 1.807) is 23.1 Å². The second kappa shape index (κ2) is 10.8. The first kappa shape index (κ1) is 21.9. The van der Waals surface area contributed by atoms with Crippen molar-refractivity contribution in [3.63, 3.8) is 0 Å². The molecule has 7 heteroatoms. The Morgan fingerprint density at radius 1 is 1.03 bits per heavy atom. The van der Waals surface area contributed by atoms with Gasteiger partial charge in [0.25, 0.3) is 0 Å². The number of rotatable bonds is 8. The summed E-state index contributed by atoms with van der Waals surface area (Å²) in [7, 11) is 0. The zero-order valence-electron chi connectivity index (χ0n) is 16.9. The first-order valence-electron chi connectivity index (χ1n) is 10.2. The molecule has 0 radical (unpaired) electrons. The molecular formula is C23H28FN3O3. The minimum absolute atomic E-state index is 0.00994. The van der Waals surface area contributed by atoms with Crippen molar-refractivity contribution in [2.45, 2.75) is 31.3 Å². The smallest absolute Gasteiger partial charge is 0.245 e. The summed E-state index contributed by atoms with van der Waals surface area (Å²) >= 11 is 0. The fourth-order valence-corrected chi connectivity index (χ4v) is 3.56. The molecule has 0 spiro atoms. The Morgan fingerprint density at radius 2 is 1.70 bits per heavy atom. The van der Waals surface area contributed by atoms with Gasteiger partial charge >= 0.3 is 0 Å². The van der Waals surface area contributed by atoms with Gasteiger partial charge in [-0.3, -0.25) is 9.59 Å². The SMILES string of the molecule is N[C@@H](CC(=O)N[C@@H](Cc1ccccc1)C(=O)N1CCOCC1)Cc1ccccc1F. The van der Waals surface area contributed by atoms with Crippen LogP contribution in [0.4, 0.5) is 4.39 Å². The number of carbonyl (C=O) groups excluding carboxylic acids is 2. The Balaban J connectivity index is 1.63. The van der Waals surface area contributed by atoms with Crippen LogP contribution >= 0.6 is 0 Å². The maximum absolute atomic E-state index is 13.8. The van der Waals surface area contributed by atoms with Crippen LogP contribution in [-0.4, -0.2) is 55.1 Å². The lowest BCUT2D eigenvalue weighted by Crippen LogP contribution is -2.53. The van der Waals surface area contributed by atoms with Crippen molar-refractivity contribution in [2.75, 3.05) is 26.3 Å². The first-order valence-corrected chi connectivity index (χ1v) is 10.2. The van der Waals surface area contributed by atoms with E-state index in [1.165, 1.54) is 6.07 Å². The first-order chi connectivity index (χ1) is 14.5. The monoisotopic (exact) mass is 413 g/mol. The van der Waals surface area contributed by atoms with Crippen molar-refractivity contribution in [2.24, 2.45) is 5.73 Å². The normalized spacial score (nSPS) is 16.0. The van der Waals surface area contributed by atoms with Crippen LogP contribution in [-0.2, 0) is 27.2 Å². The highest BCUT2D eigenvalue weighted by molar-refractivity contribution is 5.88. The summed E-state index contributed by atoms with van der Waals surface area (Å²) in [4.78, 5) is 27.4. The van der Waals surface area contributed by atoms with E-state index < -0.39 is 12.1 Å². The minimum atomic E-state index is -0.682. The number of morpholine rings is 1. The minimum Gasteiger partial charge on any atom is -0.378 e. The van der Waals surface area contributed by atoms with E-state index in [0.29, 0.717) is 38.3 Å². The summed E-state index contributed by atoms with van der Waals surface area (Å²) in [5.41, 5.74) is 7.52. The molecule has 3 N–H and O–H groups in total. The molecule has 6 nitrogen and oxygen atoms in total. The number of hydrogen-bond donors (Lipinski definition) is 2. The topological polar surface area (TPSA) is 84.7 Å². The molecule has 0 aromatic heterocycles. The largest absolute Gasteiger partial charge is 0.378 e. The van der Waals surface area contributed by atoms with Crippen LogP contribution in [0.25, 0.3) is 0 Å². The van der Waals surface area contributed by atoms with Gasteiger partial charge in [-0.1, -0.05) is 48.5 Å². The number of carbonyl (C=O) groups is 2. The maximum Gasteiger partial charge on any atom is 0.245 e. The number of ether oxygens (including phenoxy) is 1. The average molecular weight is 413 g/mol. The summed E-state index contributed by atoms with van der Waals surface area (Å²) < 4.78 is 19.2. The summed E-state index contributed by atoms with van der Waals surface area (Å²) in [5, 5.41) is 2.85. The van der Waals surface area contributed by atoms with Gasteiger partial charge in [0, 0.05) is 32.0 Å². The summed E-state index contributed by atoms with van der Waals surface area (Å²) in [6.45, 7) is 2.00. The highest BCUT2D eigenvalue weighted by Gasteiger charge is 2.28. The molecule has 1 fully saturated rings. The molecular weight excluding hydrogens is 385 g/mol. The number of nitrogens with two attached hydrogens (primary N) is 1. The van der Waals surface area contributed by atoms with Gasteiger partial charge in [-0.15, -0.1) is 0 Å². The van der Waals surface area contributed by atoms with E-state index in [4.69, 9.17) is 10.5 Å². The number of amides is 2. The Bertz CT molecular complexity index is 841. The van der Waals surface area contributed by atoms with Crippen molar-refractivity contribution >= 4 is 11.8 Å². The van der Waals surface area contributed by atoms with E-state index in [9.17, 15) is 14.0 Å². The number of nitrogens with zero attached hydrogens (tertiary/aromatic N) is 1. The molecule has 0 unspecified atom stereocenters. The van der Waals surface area contributed by atoms with Crippen LogP contribution in [0, 0.1) is 5.82 Å². The van der Waals surface area contributed by atoms with E-state index >= 15 is 0 Å². The number of benzene rings is 2. The van der Waals surface area contributed by atoms with Crippen LogP contribution in [0.5, 0.6) is 0 Å². The van der Waals surface area contributed by atoms with Crippen molar-refractivity contribution in [3.8, 4) is 0 Å². The predicted molar refractivity (Wildman–Crippen MR) is 112 cm³/mol. The number of hydrogen-bond acceptors (Lipinski definition) is 4. The summed E-state index contributed by atoms with van der Waals surface area (Å²) in [6, 6.07) is 14.7. The maximum atomic E-state index is 13.8. The second-order valence-corrected chi connectivity index (χ2v) is 7.51. The Kier molecular flexibility index (Phi) is 7.93. The third-order valence-corrected chi connectivity index (χ3v) is 5.13. The van der Waals surface area contributed by atoms with E-state index in [2.05, 4.69) is 5.32 Å². The fraction of sp³-hybridized carbons (Fsp3) is 0.391. The number of halogens is 1. The van der Waals surface area contributed by atoms with Crippen LogP contribution in [0.15, 0.2) is 54.6 Å².